The fraction of sp³-hybridized carbons (Fsp3) is 0.333. The van der Waals surface area contributed by atoms with Gasteiger partial charge in [-0.2, -0.15) is 0 Å². The molecule has 2 aromatic rings. The van der Waals surface area contributed by atoms with Crippen LogP contribution in [0, 0.1) is 0 Å². The molecule has 1 atom stereocenters. The van der Waals surface area contributed by atoms with Crippen LogP contribution in [0.15, 0.2) is 42.5 Å². The molecule has 0 fully saturated rings. The second-order valence-electron chi connectivity index (χ2n) is 6.40. The molecule has 0 radical (unpaired) electrons. The Bertz CT molecular complexity index is 820. The molecule has 0 aromatic heterocycles. The molecule has 142 valence electrons. The average Bonchev–Trinajstić information content (AvgIpc) is 3.14. The lowest BCUT2D eigenvalue weighted by atomic mass is 9.90. The molecule has 0 aliphatic carbocycles. The number of nitrogens with one attached hydrogen (secondary N) is 2. The van der Waals surface area contributed by atoms with Gasteiger partial charge in [0.25, 0.3) is 11.8 Å². The molecule has 1 aliphatic heterocycles. The van der Waals surface area contributed by atoms with E-state index in [1.54, 1.807) is 20.2 Å². The Hall–Kier alpha value is -2.86. The highest BCUT2D eigenvalue weighted by Crippen LogP contribution is 2.41. The molecule has 2 N–H and O–H groups in total. The van der Waals surface area contributed by atoms with Crippen LogP contribution < -0.4 is 15.4 Å². The maximum atomic E-state index is 12.6. The third-order valence-corrected chi connectivity index (χ3v) is 4.63. The van der Waals surface area contributed by atoms with Crippen LogP contribution in [0.25, 0.3) is 0 Å². The van der Waals surface area contributed by atoms with E-state index in [1.165, 1.54) is 0 Å². The summed E-state index contributed by atoms with van der Waals surface area (Å²) in [7, 11) is 3.19. The van der Waals surface area contributed by atoms with E-state index < -0.39 is 0 Å². The summed E-state index contributed by atoms with van der Waals surface area (Å²) in [5.41, 5.74) is 2.80. The Morgan fingerprint density at radius 3 is 2.67 bits per heavy atom. The van der Waals surface area contributed by atoms with E-state index in [2.05, 4.69) is 10.6 Å². The largest absolute Gasteiger partial charge is 0.491 e. The van der Waals surface area contributed by atoms with Crippen molar-refractivity contribution in [2.24, 2.45) is 0 Å². The fourth-order valence-corrected chi connectivity index (χ4v) is 3.24. The van der Waals surface area contributed by atoms with Gasteiger partial charge in [0.15, 0.2) is 0 Å². The summed E-state index contributed by atoms with van der Waals surface area (Å²) in [6.45, 7) is 1.54. The van der Waals surface area contributed by atoms with Crippen LogP contribution in [0.2, 0.25) is 0 Å². The smallest absolute Gasteiger partial charge is 0.254 e. The number of benzene rings is 2. The molecule has 1 aliphatic rings. The maximum absolute atomic E-state index is 12.6. The van der Waals surface area contributed by atoms with E-state index in [-0.39, 0.29) is 17.7 Å². The Morgan fingerprint density at radius 2 is 1.96 bits per heavy atom. The molecule has 3 rings (SSSR count). The number of amides is 2. The van der Waals surface area contributed by atoms with Gasteiger partial charge in [0.05, 0.1) is 12.2 Å². The summed E-state index contributed by atoms with van der Waals surface area (Å²) >= 11 is 0. The summed E-state index contributed by atoms with van der Waals surface area (Å²) in [4.78, 5) is 24.9. The minimum atomic E-state index is -0.269. The summed E-state index contributed by atoms with van der Waals surface area (Å²) in [6.07, 6.45) is 0.727. The van der Waals surface area contributed by atoms with Crippen molar-refractivity contribution in [3.8, 4) is 5.75 Å². The van der Waals surface area contributed by atoms with Crippen molar-refractivity contribution < 1.29 is 19.1 Å². The molecule has 0 bridgehead atoms. The Kier molecular flexibility index (Phi) is 6.08. The summed E-state index contributed by atoms with van der Waals surface area (Å²) in [6, 6.07) is 13.4. The average molecular weight is 368 g/mol. The standard InChI is InChI=1S/C21H24N2O4/c1-22-21(25)17-12-15(20(24)23-9-6-10-26-2)11-16-18(13-27-19(16)17)14-7-4-3-5-8-14/h3-5,7-8,11-12,18H,6,9-10,13H2,1-2H3,(H,22,25)(H,23,24). The highest BCUT2D eigenvalue weighted by molar-refractivity contribution is 6.02. The van der Waals surface area contributed by atoms with E-state index in [0.717, 1.165) is 17.5 Å². The predicted molar refractivity (Wildman–Crippen MR) is 102 cm³/mol. The normalized spacial score (nSPS) is 15.0. The Labute approximate surface area is 158 Å². The van der Waals surface area contributed by atoms with Crippen LogP contribution in [0.1, 0.15) is 44.2 Å². The molecule has 1 unspecified atom stereocenters. The fourth-order valence-electron chi connectivity index (χ4n) is 3.24. The molecular weight excluding hydrogens is 344 g/mol. The lowest BCUT2D eigenvalue weighted by molar-refractivity contribution is 0.0948. The summed E-state index contributed by atoms with van der Waals surface area (Å²) in [5.74, 6) is 0.0664. The zero-order chi connectivity index (χ0) is 19.2. The van der Waals surface area contributed by atoms with E-state index in [4.69, 9.17) is 9.47 Å². The molecule has 6 heteroatoms. The second kappa shape index (κ2) is 8.68. The molecule has 27 heavy (non-hydrogen) atoms. The van der Waals surface area contributed by atoms with Gasteiger partial charge < -0.3 is 20.1 Å². The van der Waals surface area contributed by atoms with E-state index in [9.17, 15) is 9.59 Å². The van der Waals surface area contributed by atoms with E-state index in [0.29, 0.717) is 36.6 Å². The minimum absolute atomic E-state index is 0.00847. The predicted octanol–water partition coefficient (Wildman–Crippen LogP) is 2.34. The van der Waals surface area contributed by atoms with Crippen LogP contribution in [-0.4, -0.2) is 45.7 Å². The van der Waals surface area contributed by atoms with Crippen LogP contribution in [0.4, 0.5) is 0 Å². The first-order chi connectivity index (χ1) is 13.2. The molecule has 0 saturated carbocycles. The van der Waals surface area contributed by atoms with Gasteiger partial charge in [0.2, 0.25) is 0 Å². The van der Waals surface area contributed by atoms with Gasteiger partial charge in [-0.1, -0.05) is 30.3 Å². The first kappa shape index (κ1) is 18.9. The van der Waals surface area contributed by atoms with Crippen molar-refractivity contribution in [2.75, 3.05) is 33.9 Å². The molecular formula is C21H24N2O4. The molecule has 1 heterocycles. The quantitative estimate of drug-likeness (QED) is 0.736. The summed E-state index contributed by atoms with van der Waals surface area (Å²) < 4.78 is 10.9. The monoisotopic (exact) mass is 368 g/mol. The van der Waals surface area contributed by atoms with Gasteiger partial charge in [0, 0.05) is 44.4 Å². The molecule has 2 aromatic carbocycles. The van der Waals surface area contributed by atoms with Gasteiger partial charge in [-0.25, -0.2) is 0 Å². The van der Waals surface area contributed by atoms with Gasteiger partial charge in [0.1, 0.15) is 5.75 Å². The van der Waals surface area contributed by atoms with E-state index in [1.807, 2.05) is 36.4 Å². The third kappa shape index (κ3) is 4.11. The first-order valence-electron chi connectivity index (χ1n) is 9.00. The lowest BCUT2D eigenvalue weighted by Gasteiger charge is -2.13. The lowest BCUT2D eigenvalue weighted by Crippen LogP contribution is -2.26. The van der Waals surface area contributed by atoms with Gasteiger partial charge in [-0.3, -0.25) is 9.59 Å². The van der Waals surface area contributed by atoms with E-state index >= 15 is 0 Å². The molecule has 6 nitrogen and oxygen atoms in total. The third-order valence-electron chi connectivity index (χ3n) is 4.63. The zero-order valence-corrected chi connectivity index (χ0v) is 15.6. The highest BCUT2D eigenvalue weighted by atomic mass is 16.5. The number of carbonyl (C=O) groups excluding carboxylic acids is 2. The maximum Gasteiger partial charge on any atom is 0.254 e. The number of rotatable bonds is 7. The van der Waals surface area contributed by atoms with Crippen molar-refractivity contribution >= 4 is 11.8 Å². The SMILES string of the molecule is CNC(=O)c1cc(C(=O)NCCCOC)cc2c1OCC2c1ccccc1. The van der Waals surface area contributed by atoms with Crippen molar-refractivity contribution in [1.29, 1.82) is 0 Å². The molecule has 0 saturated heterocycles. The Morgan fingerprint density at radius 1 is 1.19 bits per heavy atom. The van der Waals surface area contributed by atoms with Gasteiger partial charge in [-0.05, 0) is 24.1 Å². The molecule has 0 spiro atoms. The van der Waals surface area contributed by atoms with Crippen molar-refractivity contribution in [1.82, 2.24) is 10.6 Å². The highest BCUT2D eigenvalue weighted by Gasteiger charge is 2.31. The van der Waals surface area contributed by atoms with Crippen LogP contribution in [0.3, 0.4) is 0 Å². The number of fused-ring (bicyclic) bond motifs is 1. The van der Waals surface area contributed by atoms with Crippen molar-refractivity contribution in [2.45, 2.75) is 12.3 Å². The van der Waals surface area contributed by atoms with Gasteiger partial charge >= 0.3 is 0 Å². The number of hydrogen-bond donors (Lipinski definition) is 2. The number of methoxy groups -OCH3 is 1. The molecule has 2 amide bonds. The van der Waals surface area contributed by atoms with Crippen LogP contribution >= 0.6 is 0 Å². The van der Waals surface area contributed by atoms with Crippen molar-refractivity contribution in [3.05, 3.63) is 64.7 Å². The topological polar surface area (TPSA) is 76.7 Å². The first-order valence-corrected chi connectivity index (χ1v) is 9.00. The number of ether oxygens (including phenoxy) is 2. The Balaban J connectivity index is 1.94. The van der Waals surface area contributed by atoms with Gasteiger partial charge in [-0.15, -0.1) is 0 Å². The minimum Gasteiger partial charge on any atom is -0.491 e. The zero-order valence-electron chi connectivity index (χ0n) is 15.6. The second-order valence-corrected chi connectivity index (χ2v) is 6.40. The van der Waals surface area contributed by atoms with Crippen LogP contribution in [-0.2, 0) is 4.74 Å². The number of carbonyl (C=O) groups is 2. The number of hydrogen-bond acceptors (Lipinski definition) is 4. The van der Waals surface area contributed by atoms with Crippen molar-refractivity contribution in [3.63, 3.8) is 0 Å². The summed E-state index contributed by atoms with van der Waals surface area (Å²) in [5, 5.41) is 5.50. The van der Waals surface area contributed by atoms with Crippen LogP contribution in [0.5, 0.6) is 5.75 Å².